The Morgan fingerprint density at radius 2 is 1.59 bits per heavy atom. The van der Waals surface area contributed by atoms with Gasteiger partial charge in [-0.3, -0.25) is 0 Å². The summed E-state index contributed by atoms with van der Waals surface area (Å²) in [6.07, 6.45) is -4.88. The molecule has 9 heteroatoms. The standard InChI is InChI=1S/C23H20F3NO4S/c24-23(25,26)21-12-11-19(30-14-20-15-31-20)13-22(21)27(18-9-5-2-6-10-18)32(28,29)16-17-7-3-1-4-8-17/h1-13,20H,14-16H2. The van der Waals surface area contributed by atoms with Crippen molar-refractivity contribution in [2.75, 3.05) is 17.5 Å². The molecule has 1 aliphatic rings. The molecular weight excluding hydrogens is 443 g/mol. The Hall–Kier alpha value is -3.04. The minimum atomic E-state index is -4.78. The second kappa shape index (κ2) is 8.84. The van der Waals surface area contributed by atoms with Crippen molar-refractivity contribution in [2.45, 2.75) is 18.0 Å². The monoisotopic (exact) mass is 463 g/mol. The number of halogens is 3. The van der Waals surface area contributed by atoms with E-state index in [1.165, 1.54) is 18.2 Å². The molecule has 168 valence electrons. The van der Waals surface area contributed by atoms with Crippen LogP contribution in [0.15, 0.2) is 78.9 Å². The largest absolute Gasteiger partial charge is 0.491 e. The second-order valence-electron chi connectivity index (χ2n) is 7.28. The van der Waals surface area contributed by atoms with Gasteiger partial charge >= 0.3 is 6.18 Å². The molecule has 0 aliphatic carbocycles. The second-order valence-corrected chi connectivity index (χ2v) is 9.10. The topological polar surface area (TPSA) is 59.1 Å². The molecule has 0 saturated carbocycles. The first kappa shape index (κ1) is 22.2. The number of benzene rings is 3. The van der Waals surface area contributed by atoms with Gasteiger partial charge in [-0.25, -0.2) is 12.7 Å². The van der Waals surface area contributed by atoms with Gasteiger partial charge in [-0.15, -0.1) is 0 Å². The summed E-state index contributed by atoms with van der Waals surface area (Å²) in [6.45, 7) is 0.696. The summed E-state index contributed by atoms with van der Waals surface area (Å²) in [5.74, 6) is -0.347. The molecule has 5 nitrogen and oxygen atoms in total. The number of rotatable bonds is 8. The highest BCUT2D eigenvalue weighted by atomic mass is 32.2. The van der Waals surface area contributed by atoms with Crippen molar-refractivity contribution < 1.29 is 31.1 Å². The summed E-state index contributed by atoms with van der Waals surface area (Å²) in [5.41, 5.74) is -1.04. The van der Waals surface area contributed by atoms with Crippen molar-refractivity contribution >= 4 is 21.4 Å². The van der Waals surface area contributed by atoms with E-state index in [0.717, 1.165) is 16.4 Å². The first-order chi connectivity index (χ1) is 15.2. The number of anilines is 2. The van der Waals surface area contributed by atoms with Gasteiger partial charge in [0.25, 0.3) is 0 Å². The van der Waals surface area contributed by atoms with E-state index in [2.05, 4.69) is 0 Å². The molecular formula is C23H20F3NO4S. The van der Waals surface area contributed by atoms with E-state index in [1.54, 1.807) is 48.5 Å². The fourth-order valence-electron chi connectivity index (χ4n) is 3.22. The van der Waals surface area contributed by atoms with Crippen LogP contribution in [0.2, 0.25) is 0 Å². The molecule has 3 aromatic carbocycles. The van der Waals surface area contributed by atoms with Crippen molar-refractivity contribution in [1.29, 1.82) is 0 Å². The normalized spacial score (nSPS) is 15.9. The van der Waals surface area contributed by atoms with Crippen LogP contribution in [0.4, 0.5) is 24.5 Å². The first-order valence-electron chi connectivity index (χ1n) is 9.82. The van der Waals surface area contributed by atoms with Gasteiger partial charge in [-0.2, -0.15) is 13.2 Å². The van der Waals surface area contributed by atoms with Crippen LogP contribution in [0, 0.1) is 0 Å². The van der Waals surface area contributed by atoms with Crippen LogP contribution in [0.25, 0.3) is 0 Å². The summed E-state index contributed by atoms with van der Waals surface area (Å²) >= 11 is 0. The molecule has 0 N–H and O–H groups in total. The number of ether oxygens (including phenoxy) is 2. The molecule has 0 spiro atoms. The van der Waals surface area contributed by atoms with E-state index in [1.807, 2.05) is 0 Å². The van der Waals surface area contributed by atoms with Crippen molar-refractivity contribution in [3.8, 4) is 5.75 Å². The van der Waals surface area contributed by atoms with Crippen molar-refractivity contribution in [3.63, 3.8) is 0 Å². The molecule has 1 unspecified atom stereocenters. The van der Waals surface area contributed by atoms with Crippen LogP contribution < -0.4 is 9.04 Å². The Labute approximate surface area is 184 Å². The third-order valence-corrected chi connectivity index (χ3v) is 6.45. The molecule has 1 atom stereocenters. The molecule has 4 rings (SSSR count). The molecule has 1 aliphatic heterocycles. The van der Waals surface area contributed by atoms with Crippen LogP contribution in [-0.4, -0.2) is 27.7 Å². The molecule has 32 heavy (non-hydrogen) atoms. The van der Waals surface area contributed by atoms with Gasteiger partial charge in [0.15, 0.2) is 0 Å². The number of epoxide rings is 1. The molecule has 0 bridgehead atoms. The lowest BCUT2D eigenvalue weighted by Gasteiger charge is -2.28. The Morgan fingerprint density at radius 3 is 2.19 bits per heavy atom. The summed E-state index contributed by atoms with van der Waals surface area (Å²) in [7, 11) is -4.25. The Kier molecular flexibility index (Phi) is 6.12. The predicted octanol–water partition coefficient (Wildman–Crippen LogP) is 5.15. The molecule has 1 heterocycles. The lowest BCUT2D eigenvalue weighted by Crippen LogP contribution is -2.29. The maximum absolute atomic E-state index is 13.9. The number of alkyl halides is 3. The average molecular weight is 463 g/mol. The van der Waals surface area contributed by atoms with Gasteiger partial charge in [0.2, 0.25) is 10.0 Å². The van der Waals surface area contributed by atoms with Crippen molar-refractivity contribution in [1.82, 2.24) is 0 Å². The van der Waals surface area contributed by atoms with E-state index < -0.39 is 33.2 Å². The van der Waals surface area contributed by atoms with Crippen LogP contribution in [0.5, 0.6) is 5.75 Å². The lowest BCUT2D eigenvalue weighted by atomic mass is 10.1. The zero-order valence-corrected chi connectivity index (χ0v) is 17.6. The number of para-hydroxylation sites is 1. The molecule has 0 radical (unpaired) electrons. The van der Waals surface area contributed by atoms with Crippen molar-refractivity contribution in [2.24, 2.45) is 0 Å². The maximum Gasteiger partial charge on any atom is 0.418 e. The summed E-state index contributed by atoms with van der Waals surface area (Å²) in [4.78, 5) is 0. The Balaban J connectivity index is 1.83. The third-order valence-electron chi connectivity index (χ3n) is 4.79. The lowest BCUT2D eigenvalue weighted by molar-refractivity contribution is -0.137. The van der Waals surface area contributed by atoms with Crippen LogP contribution >= 0.6 is 0 Å². The SMILES string of the molecule is O=S(=O)(Cc1ccccc1)N(c1ccccc1)c1cc(OCC2CO2)ccc1C(F)(F)F. The first-order valence-corrected chi connectivity index (χ1v) is 11.4. The minimum Gasteiger partial charge on any atom is -0.491 e. The van der Waals surface area contributed by atoms with E-state index in [-0.39, 0.29) is 24.1 Å². The molecule has 1 saturated heterocycles. The van der Waals surface area contributed by atoms with Gasteiger partial charge in [-0.1, -0.05) is 48.5 Å². The van der Waals surface area contributed by atoms with Crippen molar-refractivity contribution in [3.05, 3.63) is 90.0 Å². The van der Waals surface area contributed by atoms with E-state index >= 15 is 0 Å². The third kappa shape index (κ3) is 5.23. The predicted molar refractivity (Wildman–Crippen MR) is 114 cm³/mol. The van der Waals surface area contributed by atoms with Gasteiger partial charge < -0.3 is 9.47 Å². The number of hydrogen-bond donors (Lipinski definition) is 0. The fraction of sp³-hybridized carbons (Fsp3) is 0.217. The number of nitrogens with zero attached hydrogens (tertiary/aromatic N) is 1. The zero-order valence-electron chi connectivity index (χ0n) is 16.8. The smallest absolute Gasteiger partial charge is 0.418 e. The van der Waals surface area contributed by atoms with Gasteiger partial charge in [-0.05, 0) is 29.8 Å². The highest BCUT2D eigenvalue weighted by Gasteiger charge is 2.38. The van der Waals surface area contributed by atoms with Gasteiger partial charge in [0.05, 0.1) is 29.3 Å². The maximum atomic E-state index is 13.9. The van der Waals surface area contributed by atoms with Crippen LogP contribution in [-0.2, 0) is 26.7 Å². The number of sulfonamides is 1. The Bertz CT molecular complexity index is 1160. The van der Waals surface area contributed by atoms with Gasteiger partial charge in [0, 0.05) is 6.07 Å². The van der Waals surface area contributed by atoms with E-state index in [4.69, 9.17) is 9.47 Å². The summed E-state index contributed by atoms with van der Waals surface area (Å²) in [6, 6.07) is 19.1. The van der Waals surface area contributed by atoms with E-state index in [9.17, 15) is 21.6 Å². The minimum absolute atomic E-state index is 0.0941. The summed E-state index contributed by atoms with van der Waals surface area (Å²) in [5, 5.41) is 0. The molecule has 3 aromatic rings. The highest BCUT2D eigenvalue weighted by Crippen LogP contribution is 2.43. The van der Waals surface area contributed by atoms with E-state index in [0.29, 0.717) is 12.2 Å². The van der Waals surface area contributed by atoms with Crippen LogP contribution in [0.1, 0.15) is 11.1 Å². The number of hydrogen-bond acceptors (Lipinski definition) is 4. The summed E-state index contributed by atoms with van der Waals surface area (Å²) < 4.78 is 80.0. The molecule has 0 aromatic heterocycles. The van der Waals surface area contributed by atoms with Crippen LogP contribution in [0.3, 0.4) is 0 Å². The van der Waals surface area contributed by atoms with Gasteiger partial charge in [0.1, 0.15) is 18.5 Å². The molecule has 0 amide bonds. The zero-order chi connectivity index (χ0) is 22.8. The fourth-order valence-corrected chi connectivity index (χ4v) is 4.86. The molecule has 1 fully saturated rings. The Morgan fingerprint density at radius 1 is 0.969 bits per heavy atom. The average Bonchev–Trinajstić information content (AvgIpc) is 3.57. The highest BCUT2D eigenvalue weighted by molar-refractivity contribution is 7.92. The quantitative estimate of drug-likeness (QED) is 0.434.